The van der Waals surface area contributed by atoms with Crippen LogP contribution in [0.15, 0.2) is 54.6 Å². The van der Waals surface area contributed by atoms with Gasteiger partial charge in [0.2, 0.25) is 5.91 Å². The summed E-state index contributed by atoms with van der Waals surface area (Å²) in [6, 6.07) is 13.6. The Morgan fingerprint density at radius 3 is 2.09 bits per heavy atom. The number of aromatic hydroxyl groups is 1. The maximum absolute atomic E-state index is 13.2. The minimum absolute atomic E-state index is 0.0497. The number of phenols is 1. The third-order valence-corrected chi connectivity index (χ3v) is 4.91. The molecule has 0 radical (unpaired) electrons. The maximum atomic E-state index is 13.2. The van der Waals surface area contributed by atoms with Crippen LogP contribution < -0.4 is 10.6 Å². The zero-order valence-corrected chi connectivity index (χ0v) is 21.0. The molecule has 190 valence electrons. The van der Waals surface area contributed by atoms with E-state index in [-0.39, 0.29) is 24.7 Å². The smallest absolute Gasteiger partial charge is 0.408 e. The molecule has 0 saturated heterocycles. The second kappa shape index (κ2) is 12.8. The second-order valence-corrected chi connectivity index (χ2v) is 9.85. The van der Waals surface area contributed by atoms with Crippen LogP contribution >= 0.6 is 0 Å². The fourth-order valence-electron chi connectivity index (χ4n) is 3.31. The zero-order chi connectivity index (χ0) is 26.0. The molecule has 0 fully saturated rings. The van der Waals surface area contributed by atoms with Crippen LogP contribution in [-0.2, 0) is 32.1 Å². The van der Waals surface area contributed by atoms with Gasteiger partial charge >= 0.3 is 12.1 Å². The monoisotopic (exact) mass is 484 g/mol. The minimum atomic E-state index is -1.01. The van der Waals surface area contributed by atoms with Crippen LogP contribution in [-0.4, -0.2) is 40.8 Å². The molecule has 0 aliphatic heterocycles. The van der Waals surface area contributed by atoms with Crippen molar-refractivity contribution in [3.63, 3.8) is 0 Å². The summed E-state index contributed by atoms with van der Waals surface area (Å²) in [6.07, 6.45) is -0.245. The van der Waals surface area contributed by atoms with Gasteiger partial charge in [0, 0.05) is 6.42 Å². The van der Waals surface area contributed by atoms with Gasteiger partial charge in [-0.15, -0.1) is 0 Å². The van der Waals surface area contributed by atoms with Gasteiger partial charge in [-0.05, 0) is 56.4 Å². The molecule has 8 nitrogen and oxygen atoms in total. The van der Waals surface area contributed by atoms with E-state index in [1.807, 2.05) is 44.2 Å². The fraction of sp³-hybridized carbons (Fsp3) is 0.444. The Kier molecular flexibility index (Phi) is 10.1. The molecule has 0 aromatic heterocycles. The number of ether oxygens (including phenoxy) is 2. The highest BCUT2D eigenvalue weighted by Crippen LogP contribution is 2.15. The summed E-state index contributed by atoms with van der Waals surface area (Å²) in [7, 11) is 0. The van der Waals surface area contributed by atoms with Crippen molar-refractivity contribution in [2.75, 3.05) is 0 Å². The molecule has 2 rings (SSSR count). The van der Waals surface area contributed by atoms with Crippen LogP contribution in [0.1, 0.15) is 52.2 Å². The number of hydrogen-bond acceptors (Lipinski definition) is 6. The highest BCUT2D eigenvalue weighted by atomic mass is 16.6. The number of rotatable bonds is 10. The number of amides is 2. The van der Waals surface area contributed by atoms with Gasteiger partial charge in [-0.2, -0.15) is 0 Å². The van der Waals surface area contributed by atoms with Crippen molar-refractivity contribution < 1.29 is 29.0 Å². The Morgan fingerprint density at radius 2 is 1.51 bits per heavy atom. The average Bonchev–Trinajstić information content (AvgIpc) is 2.77. The van der Waals surface area contributed by atoms with E-state index >= 15 is 0 Å². The number of carbonyl (C=O) groups is 3. The van der Waals surface area contributed by atoms with Crippen LogP contribution in [0.2, 0.25) is 0 Å². The molecule has 8 heteroatoms. The van der Waals surface area contributed by atoms with Crippen LogP contribution in [0.3, 0.4) is 0 Å². The van der Waals surface area contributed by atoms with E-state index in [4.69, 9.17) is 9.47 Å². The summed E-state index contributed by atoms with van der Waals surface area (Å²) in [5, 5.41) is 14.9. The largest absolute Gasteiger partial charge is 0.508 e. The average molecular weight is 485 g/mol. The standard InChI is InChI=1S/C27H36N2O6/c1-18(2)15-23(25(32)35-27(3,4)5)28-24(31)22(16-19-11-13-21(30)14-12-19)29-26(33)34-17-20-9-7-6-8-10-20/h6-14,18,22-23,30H,15-17H2,1-5H3,(H,28,31)(H,29,33)/t22-,23-/m0/s1. The molecular formula is C27H36N2O6. The van der Waals surface area contributed by atoms with E-state index in [1.54, 1.807) is 32.9 Å². The van der Waals surface area contributed by atoms with Gasteiger partial charge in [-0.1, -0.05) is 56.3 Å². The number of esters is 1. The Hall–Kier alpha value is -3.55. The molecule has 2 aromatic carbocycles. The molecule has 0 unspecified atom stereocenters. The Balaban J connectivity index is 2.15. The number of hydrogen-bond donors (Lipinski definition) is 3. The Morgan fingerprint density at radius 1 is 0.886 bits per heavy atom. The second-order valence-electron chi connectivity index (χ2n) is 9.85. The molecule has 2 aromatic rings. The summed E-state index contributed by atoms with van der Waals surface area (Å²) in [4.78, 5) is 38.5. The van der Waals surface area contributed by atoms with Crippen LogP contribution in [0.25, 0.3) is 0 Å². The maximum Gasteiger partial charge on any atom is 0.408 e. The van der Waals surface area contributed by atoms with Crippen molar-refractivity contribution in [1.29, 1.82) is 0 Å². The summed E-state index contributed by atoms with van der Waals surface area (Å²) in [5.74, 6) is -0.861. The first-order valence-corrected chi connectivity index (χ1v) is 11.7. The number of nitrogens with one attached hydrogen (secondary N) is 2. The topological polar surface area (TPSA) is 114 Å². The van der Waals surface area contributed by atoms with E-state index in [0.29, 0.717) is 12.0 Å². The number of alkyl carbamates (subject to hydrolysis) is 1. The van der Waals surface area contributed by atoms with Gasteiger partial charge in [-0.3, -0.25) is 4.79 Å². The molecule has 0 heterocycles. The Labute approximate surface area is 207 Å². The van der Waals surface area contributed by atoms with E-state index < -0.39 is 35.7 Å². The van der Waals surface area contributed by atoms with Gasteiger partial charge in [-0.25, -0.2) is 9.59 Å². The van der Waals surface area contributed by atoms with E-state index in [9.17, 15) is 19.5 Å². The molecule has 35 heavy (non-hydrogen) atoms. The third kappa shape index (κ3) is 10.5. The van der Waals surface area contributed by atoms with Crippen molar-refractivity contribution >= 4 is 18.0 Å². The lowest BCUT2D eigenvalue weighted by Crippen LogP contribution is -2.53. The highest BCUT2D eigenvalue weighted by molar-refractivity contribution is 5.90. The summed E-state index contributed by atoms with van der Waals surface area (Å²) in [5.41, 5.74) is 0.815. The van der Waals surface area contributed by atoms with E-state index in [1.165, 1.54) is 12.1 Å². The third-order valence-electron chi connectivity index (χ3n) is 4.91. The van der Waals surface area contributed by atoms with Gasteiger partial charge in [0.1, 0.15) is 30.0 Å². The lowest BCUT2D eigenvalue weighted by atomic mass is 10.0. The van der Waals surface area contributed by atoms with Crippen LogP contribution in [0.5, 0.6) is 5.75 Å². The van der Waals surface area contributed by atoms with Crippen LogP contribution in [0, 0.1) is 5.92 Å². The van der Waals surface area contributed by atoms with E-state index in [0.717, 1.165) is 5.56 Å². The summed E-state index contributed by atoms with van der Waals surface area (Å²) < 4.78 is 10.8. The van der Waals surface area contributed by atoms with Crippen molar-refractivity contribution in [2.24, 2.45) is 5.92 Å². The SMILES string of the molecule is CC(C)C[C@H](NC(=O)[C@H](Cc1ccc(O)cc1)NC(=O)OCc1ccccc1)C(=O)OC(C)(C)C. The highest BCUT2D eigenvalue weighted by Gasteiger charge is 2.31. The lowest BCUT2D eigenvalue weighted by Gasteiger charge is -2.27. The molecule has 2 amide bonds. The molecule has 0 spiro atoms. The molecule has 0 aliphatic carbocycles. The number of carbonyl (C=O) groups excluding carboxylic acids is 3. The van der Waals surface area contributed by atoms with Crippen molar-refractivity contribution in [2.45, 2.75) is 71.8 Å². The van der Waals surface area contributed by atoms with Crippen molar-refractivity contribution in [3.8, 4) is 5.75 Å². The minimum Gasteiger partial charge on any atom is -0.508 e. The van der Waals surface area contributed by atoms with E-state index in [2.05, 4.69) is 10.6 Å². The normalized spacial score (nSPS) is 13.0. The van der Waals surface area contributed by atoms with Crippen molar-refractivity contribution in [3.05, 3.63) is 65.7 Å². The van der Waals surface area contributed by atoms with Gasteiger partial charge in [0.25, 0.3) is 0 Å². The zero-order valence-electron chi connectivity index (χ0n) is 21.0. The lowest BCUT2D eigenvalue weighted by molar-refractivity contribution is -0.159. The van der Waals surface area contributed by atoms with Crippen LogP contribution in [0.4, 0.5) is 4.79 Å². The first-order valence-electron chi connectivity index (χ1n) is 11.7. The summed E-state index contributed by atoms with van der Waals surface area (Å²) >= 11 is 0. The van der Waals surface area contributed by atoms with Crippen molar-refractivity contribution in [1.82, 2.24) is 10.6 Å². The first kappa shape index (κ1) is 27.7. The van der Waals surface area contributed by atoms with Gasteiger partial charge in [0.05, 0.1) is 0 Å². The molecule has 0 saturated carbocycles. The van der Waals surface area contributed by atoms with Gasteiger partial charge < -0.3 is 25.2 Å². The molecule has 0 bridgehead atoms. The first-order chi connectivity index (χ1) is 16.4. The summed E-state index contributed by atoms with van der Waals surface area (Å²) in [6.45, 7) is 9.21. The molecule has 2 atom stereocenters. The molecular weight excluding hydrogens is 448 g/mol. The fourth-order valence-corrected chi connectivity index (χ4v) is 3.31. The molecule has 3 N–H and O–H groups in total. The Bertz CT molecular complexity index is 967. The predicted octanol–water partition coefficient (Wildman–Crippen LogP) is 4.10. The van der Waals surface area contributed by atoms with Gasteiger partial charge in [0.15, 0.2) is 0 Å². The molecule has 0 aliphatic rings. The quantitative estimate of drug-likeness (QED) is 0.438. The predicted molar refractivity (Wildman–Crippen MR) is 133 cm³/mol. The number of benzene rings is 2. The number of phenolic OH excluding ortho intramolecular Hbond substituents is 1.